The van der Waals surface area contributed by atoms with Crippen molar-refractivity contribution in [2.75, 3.05) is 7.11 Å². The van der Waals surface area contributed by atoms with Gasteiger partial charge in [-0.05, 0) is 35.4 Å². The fourth-order valence-corrected chi connectivity index (χ4v) is 2.26. The summed E-state index contributed by atoms with van der Waals surface area (Å²) in [5.74, 6) is 1.43. The second-order valence-electron chi connectivity index (χ2n) is 5.18. The molecule has 1 aromatic heterocycles. The lowest BCUT2D eigenvalue weighted by atomic mass is 10.1. The molecule has 128 valence electrons. The molecule has 1 heterocycles. The molecule has 0 aliphatic carbocycles. The zero-order chi connectivity index (χ0) is 17.6. The maximum atomic E-state index is 10.4. The predicted molar refractivity (Wildman–Crippen MR) is 90.1 cm³/mol. The molecule has 0 aliphatic heterocycles. The highest BCUT2D eigenvalue weighted by Gasteiger charge is 2.07. The Morgan fingerprint density at radius 3 is 2.16 bits per heavy atom. The molecule has 3 aromatic rings. The van der Waals surface area contributed by atoms with Crippen molar-refractivity contribution in [1.82, 2.24) is 0 Å². The lowest BCUT2D eigenvalue weighted by Crippen LogP contribution is -2.01. The lowest BCUT2D eigenvalue weighted by molar-refractivity contribution is 0.133. The van der Waals surface area contributed by atoms with E-state index in [4.69, 9.17) is 19.0 Å². The van der Waals surface area contributed by atoms with Crippen LogP contribution in [-0.2, 0) is 6.61 Å². The average Bonchev–Trinajstić information content (AvgIpc) is 3.07. The Hall–Kier alpha value is -3.41. The molecule has 0 bridgehead atoms. The highest BCUT2D eigenvalue weighted by atomic mass is 16.7. The van der Waals surface area contributed by atoms with E-state index >= 15 is 0 Å². The summed E-state index contributed by atoms with van der Waals surface area (Å²) in [4.78, 5) is 10.4. The van der Waals surface area contributed by atoms with Crippen LogP contribution >= 0.6 is 0 Å². The normalized spacial score (nSPS) is 10.3. The highest BCUT2D eigenvalue weighted by molar-refractivity contribution is 5.64. The monoisotopic (exact) mass is 340 g/mol. The summed E-state index contributed by atoms with van der Waals surface area (Å²) in [5, 5.41) is 8.51. The molecule has 0 saturated heterocycles. The van der Waals surface area contributed by atoms with E-state index < -0.39 is 6.16 Å². The summed E-state index contributed by atoms with van der Waals surface area (Å²) >= 11 is 0. The summed E-state index contributed by atoms with van der Waals surface area (Å²) in [5.41, 5.74) is 2.82. The van der Waals surface area contributed by atoms with Crippen molar-refractivity contribution < 1.29 is 28.5 Å². The third kappa shape index (κ3) is 4.32. The minimum absolute atomic E-state index is 0.0825. The maximum absolute atomic E-state index is 10.4. The van der Waals surface area contributed by atoms with Gasteiger partial charge in [0.2, 0.25) is 0 Å². The number of benzene rings is 2. The van der Waals surface area contributed by atoms with Crippen molar-refractivity contribution >= 4 is 6.16 Å². The van der Waals surface area contributed by atoms with Crippen molar-refractivity contribution in [2.24, 2.45) is 0 Å². The number of methoxy groups -OCH3 is 1. The molecular formula is C19H16O6. The van der Waals surface area contributed by atoms with Gasteiger partial charge in [0.25, 0.3) is 5.95 Å². The fraction of sp³-hybridized carbons (Fsp3) is 0.105. The van der Waals surface area contributed by atoms with Gasteiger partial charge in [-0.2, -0.15) is 0 Å². The van der Waals surface area contributed by atoms with E-state index in [-0.39, 0.29) is 12.6 Å². The zero-order valence-electron chi connectivity index (χ0n) is 13.5. The molecule has 0 atom stereocenters. The molecule has 6 nitrogen and oxygen atoms in total. The van der Waals surface area contributed by atoms with E-state index in [0.717, 1.165) is 16.9 Å². The fourth-order valence-electron chi connectivity index (χ4n) is 2.26. The van der Waals surface area contributed by atoms with Gasteiger partial charge < -0.3 is 23.7 Å². The molecule has 25 heavy (non-hydrogen) atoms. The summed E-state index contributed by atoms with van der Waals surface area (Å²) in [6, 6.07) is 16.9. The number of rotatable bonds is 6. The van der Waals surface area contributed by atoms with Crippen LogP contribution in [0.4, 0.5) is 4.79 Å². The molecule has 2 aromatic carbocycles. The minimum atomic E-state index is -1.42. The van der Waals surface area contributed by atoms with Crippen LogP contribution in [0.15, 0.2) is 65.3 Å². The third-order valence-corrected chi connectivity index (χ3v) is 3.50. The van der Waals surface area contributed by atoms with E-state index in [1.807, 2.05) is 48.5 Å². The molecular weight excluding hydrogens is 324 g/mol. The number of carbonyl (C=O) groups is 1. The number of hydrogen-bond donors (Lipinski definition) is 1. The van der Waals surface area contributed by atoms with Gasteiger partial charge in [0, 0.05) is 11.6 Å². The Kier molecular flexibility index (Phi) is 4.89. The van der Waals surface area contributed by atoms with Gasteiger partial charge in [-0.1, -0.05) is 24.3 Å². The molecule has 3 rings (SSSR count). The largest absolute Gasteiger partial charge is 0.513 e. The topological polar surface area (TPSA) is 78.1 Å². The first-order valence-corrected chi connectivity index (χ1v) is 7.49. The van der Waals surface area contributed by atoms with Crippen LogP contribution in [-0.4, -0.2) is 18.4 Å². The molecule has 6 heteroatoms. The smallest absolute Gasteiger partial charge is 0.497 e. The van der Waals surface area contributed by atoms with Crippen molar-refractivity contribution in [1.29, 1.82) is 0 Å². The number of hydrogen-bond acceptors (Lipinski definition) is 5. The van der Waals surface area contributed by atoms with Crippen LogP contribution in [0.3, 0.4) is 0 Å². The van der Waals surface area contributed by atoms with E-state index in [2.05, 4.69) is 4.74 Å². The molecule has 0 saturated carbocycles. The Morgan fingerprint density at radius 2 is 1.60 bits per heavy atom. The molecule has 1 N–H and O–H groups in total. The van der Waals surface area contributed by atoms with Crippen LogP contribution in [0, 0.1) is 0 Å². The standard InChI is InChI=1S/C19H16O6/c1-22-16-6-2-14(3-7-16)15-4-8-17(9-5-15)23-11-13-10-18(24-12-13)25-19(20)21/h2-10,12H,11H2,1H3,(H,20,21). The Bertz CT molecular complexity index is 833. The van der Waals surface area contributed by atoms with E-state index in [9.17, 15) is 4.79 Å². The van der Waals surface area contributed by atoms with E-state index in [1.54, 1.807) is 7.11 Å². The first kappa shape index (κ1) is 16.4. The van der Waals surface area contributed by atoms with Crippen LogP contribution in [0.2, 0.25) is 0 Å². The first-order chi connectivity index (χ1) is 12.1. The summed E-state index contributed by atoms with van der Waals surface area (Å²) in [6.07, 6.45) is -0.0276. The molecule has 0 radical (unpaired) electrons. The molecule has 0 aliphatic rings. The van der Waals surface area contributed by atoms with Crippen molar-refractivity contribution in [3.05, 3.63) is 66.4 Å². The number of furan rings is 1. The van der Waals surface area contributed by atoms with Crippen LogP contribution in [0.25, 0.3) is 11.1 Å². The second-order valence-corrected chi connectivity index (χ2v) is 5.18. The van der Waals surface area contributed by atoms with E-state index in [0.29, 0.717) is 11.3 Å². The highest BCUT2D eigenvalue weighted by Crippen LogP contribution is 2.25. The van der Waals surface area contributed by atoms with Crippen molar-refractivity contribution in [2.45, 2.75) is 6.61 Å². The second kappa shape index (κ2) is 7.44. The molecule has 0 spiro atoms. The van der Waals surface area contributed by atoms with Gasteiger partial charge in [0.05, 0.1) is 7.11 Å². The van der Waals surface area contributed by atoms with Gasteiger partial charge >= 0.3 is 6.16 Å². The van der Waals surface area contributed by atoms with Gasteiger partial charge in [0.15, 0.2) is 0 Å². The van der Waals surface area contributed by atoms with Gasteiger partial charge in [-0.25, -0.2) is 4.79 Å². The van der Waals surface area contributed by atoms with Gasteiger partial charge in [-0.15, -0.1) is 0 Å². The minimum Gasteiger partial charge on any atom is -0.497 e. The number of carboxylic acid groups (broad SMARTS) is 1. The Balaban J connectivity index is 1.60. The third-order valence-electron chi connectivity index (χ3n) is 3.50. The Labute approximate surface area is 144 Å². The predicted octanol–water partition coefficient (Wildman–Crippen LogP) is 4.59. The van der Waals surface area contributed by atoms with Crippen molar-refractivity contribution in [3.63, 3.8) is 0 Å². The Morgan fingerprint density at radius 1 is 1.00 bits per heavy atom. The zero-order valence-corrected chi connectivity index (χ0v) is 13.5. The summed E-state index contributed by atoms with van der Waals surface area (Å²) in [6.45, 7) is 0.244. The van der Waals surface area contributed by atoms with E-state index in [1.165, 1.54) is 12.3 Å². The summed E-state index contributed by atoms with van der Waals surface area (Å²) in [7, 11) is 1.64. The van der Waals surface area contributed by atoms with Crippen LogP contribution in [0.1, 0.15) is 5.56 Å². The first-order valence-electron chi connectivity index (χ1n) is 7.49. The SMILES string of the molecule is COc1ccc(-c2ccc(OCc3coc(OC(=O)O)c3)cc2)cc1. The summed E-state index contributed by atoms with van der Waals surface area (Å²) < 4.78 is 20.2. The quantitative estimate of drug-likeness (QED) is 0.661. The van der Waals surface area contributed by atoms with Crippen LogP contribution < -0.4 is 14.2 Å². The molecule has 0 amide bonds. The lowest BCUT2D eigenvalue weighted by Gasteiger charge is -2.07. The molecule has 0 fully saturated rings. The number of ether oxygens (including phenoxy) is 3. The van der Waals surface area contributed by atoms with Crippen molar-refractivity contribution in [3.8, 4) is 28.6 Å². The maximum Gasteiger partial charge on any atom is 0.513 e. The van der Waals surface area contributed by atoms with Gasteiger partial charge in [-0.3, -0.25) is 0 Å². The average molecular weight is 340 g/mol. The van der Waals surface area contributed by atoms with Gasteiger partial charge in [0.1, 0.15) is 24.4 Å². The van der Waals surface area contributed by atoms with Crippen LogP contribution in [0.5, 0.6) is 17.4 Å². The molecule has 0 unspecified atom stereocenters.